The third-order valence-corrected chi connectivity index (χ3v) is 5.35. The van der Waals surface area contributed by atoms with Gasteiger partial charge in [0.1, 0.15) is 11.5 Å². The molecule has 1 atom stereocenters. The first-order valence-electron chi connectivity index (χ1n) is 10.5. The number of nitrogens with zero attached hydrogens (tertiary/aromatic N) is 3. The lowest BCUT2D eigenvalue weighted by Crippen LogP contribution is -2.51. The van der Waals surface area contributed by atoms with E-state index < -0.39 is 0 Å². The number of guanidine groups is 1. The van der Waals surface area contributed by atoms with Crippen LogP contribution in [0, 0.1) is 13.8 Å². The molecular formula is C22H34IN5O2. The second-order valence-corrected chi connectivity index (χ2v) is 7.41. The van der Waals surface area contributed by atoms with Crippen LogP contribution in [0.15, 0.2) is 33.8 Å². The molecule has 7 nitrogen and oxygen atoms in total. The molecule has 8 heteroatoms. The average Bonchev–Trinajstić information content (AvgIpc) is 3.06. The molecule has 1 aliphatic heterocycles. The monoisotopic (exact) mass is 527 g/mol. The molecule has 0 radical (unpaired) electrons. The molecule has 2 heterocycles. The van der Waals surface area contributed by atoms with E-state index in [-0.39, 0.29) is 24.0 Å². The van der Waals surface area contributed by atoms with Crippen LogP contribution in [0.3, 0.4) is 0 Å². The van der Waals surface area contributed by atoms with Crippen molar-refractivity contribution in [3.8, 4) is 5.75 Å². The zero-order valence-corrected chi connectivity index (χ0v) is 20.7. The summed E-state index contributed by atoms with van der Waals surface area (Å²) < 4.78 is 10.8. The predicted octanol–water partition coefficient (Wildman–Crippen LogP) is 3.68. The average molecular weight is 527 g/mol. The lowest BCUT2D eigenvalue weighted by Gasteiger charge is -2.36. The number of aryl methyl sites for hydroxylation is 2. The highest BCUT2D eigenvalue weighted by Gasteiger charge is 2.22. The van der Waals surface area contributed by atoms with Gasteiger partial charge in [-0.3, -0.25) is 4.99 Å². The summed E-state index contributed by atoms with van der Waals surface area (Å²) in [5.74, 6) is 2.68. The number of nitrogens with one attached hydrogen (secondary N) is 2. The van der Waals surface area contributed by atoms with Crippen molar-refractivity contribution >= 4 is 35.6 Å². The third-order valence-electron chi connectivity index (χ3n) is 5.35. The van der Waals surface area contributed by atoms with Gasteiger partial charge in [-0.25, -0.2) is 0 Å². The Hall–Kier alpha value is -1.97. The summed E-state index contributed by atoms with van der Waals surface area (Å²) >= 11 is 0. The quantitative estimate of drug-likeness (QED) is 0.325. The number of anilines is 1. The second kappa shape index (κ2) is 12.0. The third kappa shape index (κ3) is 6.26. The molecule has 2 N–H and O–H groups in total. The number of aliphatic imine (C=N–C) groups is 1. The summed E-state index contributed by atoms with van der Waals surface area (Å²) in [6.07, 6.45) is 3.09. The fourth-order valence-corrected chi connectivity index (χ4v) is 3.86. The SMILES string of the molecule is CCNC(=NCCc1c(C)noc1C)NC1CCCN(c2ccccc2OC)C1.I. The van der Waals surface area contributed by atoms with Crippen LogP contribution in [0.5, 0.6) is 5.75 Å². The van der Waals surface area contributed by atoms with Crippen LogP contribution in [-0.4, -0.2) is 50.4 Å². The van der Waals surface area contributed by atoms with Gasteiger partial charge >= 0.3 is 0 Å². The van der Waals surface area contributed by atoms with E-state index in [0.717, 1.165) is 73.3 Å². The highest BCUT2D eigenvalue weighted by atomic mass is 127. The Labute approximate surface area is 196 Å². The Kier molecular flexibility index (Phi) is 9.74. The summed E-state index contributed by atoms with van der Waals surface area (Å²) in [6.45, 7) is 9.52. The zero-order valence-electron chi connectivity index (χ0n) is 18.4. The van der Waals surface area contributed by atoms with E-state index in [1.165, 1.54) is 0 Å². The molecule has 3 rings (SSSR count). The van der Waals surface area contributed by atoms with Crippen LogP contribution in [0.1, 0.15) is 36.8 Å². The van der Waals surface area contributed by atoms with Crippen molar-refractivity contribution in [2.45, 2.75) is 46.1 Å². The Bertz CT molecular complexity index is 804. The zero-order chi connectivity index (χ0) is 20.6. The molecule has 0 bridgehead atoms. The van der Waals surface area contributed by atoms with E-state index >= 15 is 0 Å². The number of aromatic nitrogens is 1. The first-order chi connectivity index (χ1) is 14.1. The van der Waals surface area contributed by atoms with Gasteiger partial charge in [-0.05, 0) is 52.2 Å². The second-order valence-electron chi connectivity index (χ2n) is 7.41. The van der Waals surface area contributed by atoms with E-state index in [9.17, 15) is 0 Å². The number of rotatable bonds is 7. The van der Waals surface area contributed by atoms with Gasteiger partial charge in [-0.1, -0.05) is 17.3 Å². The van der Waals surface area contributed by atoms with Crippen LogP contribution in [0.2, 0.25) is 0 Å². The Morgan fingerprint density at radius 1 is 1.33 bits per heavy atom. The van der Waals surface area contributed by atoms with Crippen molar-refractivity contribution < 1.29 is 9.26 Å². The van der Waals surface area contributed by atoms with Gasteiger partial charge < -0.3 is 24.8 Å². The standard InChI is InChI=1S/C22H33N5O2.HI/c1-5-23-22(24-13-12-19-16(2)26-29-17(19)3)25-18-9-8-14-27(15-18)20-10-6-7-11-21(20)28-4;/h6-7,10-11,18H,5,8-9,12-15H2,1-4H3,(H2,23,24,25);1H. The van der Waals surface area contributed by atoms with Gasteiger partial charge in [0.05, 0.1) is 18.5 Å². The number of hydrogen-bond acceptors (Lipinski definition) is 5. The maximum Gasteiger partial charge on any atom is 0.191 e. The first kappa shape index (κ1) is 24.3. The van der Waals surface area contributed by atoms with Crippen LogP contribution in [0.25, 0.3) is 0 Å². The summed E-state index contributed by atoms with van der Waals surface area (Å²) in [6, 6.07) is 8.56. The summed E-state index contributed by atoms with van der Waals surface area (Å²) in [5, 5.41) is 11.0. The molecule has 0 aliphatic carbocycles. The van der Waals surface area contributed by atoms with Crippen LogP contribution >= 0.6 is 24.0 Å². The Morgan fingerprint density at radius 2 is 2.13 bits per heavy atom. The smallest absolute Gasteiger partial charge is 0.191 e. The van der Waals surface area contributed by atoms with Crippen molar-refractivity contribution in [1.29, 1.82) is 0 Å². The van der Waals surface area contributed by atoms with E-state index in [0.29, 0.717) is 12.6 Å². The van der Waals surface area contributed by atoms with Gasteiger partial charge in [-0.2, -0.15) is 0 Å². The highest BCUT2D eigenvalue weighted by Crippen LogP contribution is 2.29. The lowest BCUT2D eigenvalue weighted by molar-refractivity contribution is 0.392. The molecule has 0 amide bonds. The minimum absolute atomic E-state index is 0. The lowest BCUT2D eigenvalue weighted by atomic mass is 10.0. The summed E-state index contributed by atoms with van der Waals surface area (Å²) in [4.78, 5) is 7.17. The Balaban J connectivity index is 0.00000320. The molecule has 1 unspecified atom stereocenters. The molecular weight excluding hydrogens is 493 g/mol. The van der Waals surface area contributed by atoms with E-state index in [1.807, 2.05) is 26.0 Å². The molecule has 1 aromatic carbocycles. The molecule has 1 aromatic heterocycles. The van der Waals surface area contributed by atoms with Crippen LogP contribution in [-0.2, 0) is 6.42 Å². The maximum atomic E-state index is 5.55. The van der Waals surface area contributed by atoms with Crippen LogP contribution < -0.4 is 20.3 Å². The largest absolute Gasteiger partial charge is 0.495 e. The maximum absolute atomic E-state index is 5.55. The molecule has 166 valence electrons. The summed E-state index contributed by atoms with van der Waals surface area (Å²) in [7, 11) is 1.73. The number of halogens is 1. The highest BCUT2D eigenvalue weighted by molar-refractivity contribution is 14.0. The van der Waals surface area contributed by atoms with E-state index in [1.54, 1.807) is 7.11 Å². The van der Waals surface area contributed by atoms with Gasteiger partial charge in [0, 0.05) is 37.8 Å². The number of benzene rings is 1. The minimum Gasteiger partial charge on any atom is -0.495 e. The van der Waals surface area contributed by atoms with Crippen molar-refractivity contribution in [2.75, 3.05) is 38.2 Å². The molecule has 30 heavy (non-hydrogen) atoms. The predicted molar refractivity (Wildman–Crippen MR) is 132 cm³/mol. The number of methoxy groups -OCH3 is 1. The van der Waals surface area contributed by atoms with E-state index in [2.05, 4.69) is 39.7 Å². The number of piperidine rings is 1. The number of ether oxygens (including phenoxy) is 1. The fourth-order valence-electron chi connectivity index (χ4n) is 3.86. The van der Waals surface area contributed by atoms with Gasteiger partial charge in [-0.15, -0.1) is 24.0 Å². The molecule has 0 saturated carbocycles. The van der Waals surface area contributed by atoms with Gasteiger partial charge in [0.25, 0.3) is 0 Å². The van der Waals surface area contributed by atoms with Crippen LogP contribution in [0.4, 0.5) is 5.69 Å². The van der Waals surface area contributed by atoms with Crippen molar-refractivity contribution in [3.05, 3.63) is 41.3 Å². The molecule has 2 aromatic rings. The minimum atomic E-state index is 0. The fraction of sp³-hybridized carbons (Fsp3) is 0.545. The van der Waals surface area contributed by atoms with Crippen molar-refractivity contribution in [3.63, 3.8) is 0 Å². The first-order valence-corrected chi connectivity index (χ1v) is 10.5. The van der Waals surface area contributed by atoms with Gasteiger partial charge in [0.2, 0.25) is 0 Å². The molecule has 0 spiro atoms. The molecule has 1 saturated heterocycles. The normalized spacial score (nSPS) is 16.7. The summed E-state index contributed by atoms with van der Waals surface area (Å²) in [5.41, 5.74) is 3.27. The molecule has 1 aliphatic rings. The number of hydrogen-bond donors (Lipinski definition) is 2. The number of para-hydroxylation sites is 2. The molecule has 1 fully saturated rings. The van der Waals surface area contributed by atoms with E-state index in [4.69, 9.17) is 14.3 Å². The van der Waals surface area contributed by atoms with Crippen molar-refractivity contribution in [2.24, 2.45) is 4.99 Å². The van der Waals surface area contributed by atoms with Gasteiger partial charge in [0.15, 0.2) is 5.96 Å². The van der Waals surface area contributed by atoms with Crippen molar-refractivity contribution in [1.82, 2.24) is 15.8 Å². The topological polar surface area (TPSA) is 74.9 Å². The Morgan fingerprint density at radius 3 is 2.83 bits per heavy atom.